The van der Waals surface area contributed by atoms with E-state index in [0.717, 1.165) is 12.1 Å². The number of aromatic nitrogens is 2. The second kappa shape index (κ2) is 10.5. The number of carbonyl (C=O) groups is 1. The number of hydrogen-bond acceptors (Lipinski definition) is 5. The molecule has 31 heavy (non-hydrogen) atoms. The molecule has 162 valence electrons. The fourth-order valence-corrected chi connectivity index (χ4v) is 3.10. The van der Waals surface area contributed by atoms with Crippen molar-refractivity contribution in [3.05, 3.63) is 93.4 Å². The van der Waals surface area contributed by atoms with Gasteiger partial charge in [-0.1, -0.05) is 42.5 Å². The molecule has 1 amide bonds. The molecular weight excluding hydrogens is 399 g/mol. The van der Waals surface area contributed by atoms with Crippen molar-refractivity contribution in [1.29, 1.82) is 0 Å². The molecule has 2 aromatic carbocycles. The minimum Gasteiger partial charge on any atom is -0.502 e. The molecule has 3 N–H and O–H groups in total. The quantitative estimate of drug-likeness (QED) is 0.489. The Hall–Kier alpha value is -3.52. The number of H-pyrrole nitrogens is 1. The van der Waals surface area contributed by atoms with E-state index in [1.807, 2.05) is 37.4 Å². The lowest BCUT2D eigenvalue weighted by Gasteiger charge is -2.16. The maximum atomic E-state index is 13.0. The number of nitrogens with one attached hydrogen (secondary N) is 2. The Balaban J connectivity index is 1.57. The third-order valence-corrected chi connectivity index (χ3v) is 4.77. The van der Waals surface area contributed by atoms with Crippen molar-refractivity contribution >= 4 is 5.91 Å². The fourth-order valence-electron chi connectivity index (χ4n) is 3.10. The number of benzene rings is 2. The topological polar surface area (TPSA) is 98.3 Å². The smallest absolute Gasteiger partial charge is 0.293 e. The van der Waals surface area contributed by atoms with Crippen molar-refractivity contribution in [2.45, 2.75) is 25.9 Å². The molecule has 0 radical (unpaired) electrons. The molecule has 0 aliphatic carbocycles. The largest absolute Gasteiger partial charge is 0.502 e. The van der Waals surface area contributed by atoms with E-state index in [4.69, 9.17) is 0 Å². The van der Waals surface area contributed by atoms with E-state index in [2.05, 4.69) is 20.2 Å². The van der Waals surface area contributed by atoms with Crippen LogP contribution in [-0.2, 0) is 30.7 Å². The van der Waals surface area contributed by atoms with Crippen LogP contribution in [0.3, 0.4) is 0 Å². The Bertz CT molecular complexity index is 1070. The Morgan fingerprint density at radius 1 is 1.13 bits per heavy atom. The van der Waals surface area contributed by atoms with Crippen molar-refractivity contribution in [2.75, 3.05) is 13.6 Å². The molecule has 0 aliphatic heterocycles. The van der Waals surface area contributed by atoms with Gasteiger partial charge < -0.3 is 20.3 Å². The van der Waals surface area contributed by atoms with Gasteiger partial charge >= 0.3 is 0 Å². The number of halogens is 1. The normalized spacial score (nSPS) is 10.9. The Morgan fingerprint density at radius 3 is 2.55 bits per heavy atom. The van der Waals surface area contributed by atoms with Crippen LogP contribution in [0.5, 0.6) is 5.75 Å². The monoisotopic (exact) mass is 424 g/mol. The third-order valence-electron chi connectivity index (χ3n) is 4.77. The molecule has 0 aliphatic rings. The van der Waals surface area contributed by atoms with Crippen LogP contribution >= 0.6 is 0 Å². The lowest BCUT2D eigenvalue weighted by atomic mass is 10.2. The van der Waals surface area contributed by atoms with Crippen LogP contribution in [0, 0.1) is 5.82 Å². The van der Waals surface area contributed by atoms with E-state index in [1.165, 1.54) is 17.7 Å². The molecule has 0 fully saturated rings. The van der Waals surface area contributed by atoms with E-state index >= 15 is 0 Å². The summed E-state index contributed by atoms with van der Waals surface area (Å²) in [5.74, 6) is -0.901. The van der Waals surface area contributed by atoms with Gasteiger partial charge in [-0.3, -0.25) is 9.59 Å². The van der Waals surface area contributed by atoms with Crippen molar-refractivity contribution in [2.24, 2.45) is 0 Å². The van der Waals surface area contributed by atoms with E-state index in [0.29, 0.717) is 18.8 Å². The van der Waals surface area contributed by atoms with Gasteiger partial charge in [-0.2, -0.15) is 0 Å². The summed E-state index contributed by atoms with van der Waals surface area (Å²) in [5.41, 5.74) is 1.27. The summed E-state index contributed by atoms with van der Waals surface area (Å²) in [6.45, 7) is 1.60. The Kier molecular flexibility index (Phi) is 7.50. The van der Waals surface area contributed by atoms with Gasteiger partial charge in [0.25, 0.3) is 5.56 Å². The van der Waals surface area contributed by atoms with Crippen molar-refractivity contribution < 1.29 is 14.3 Å². The van der Waals surface area contributed by atoms with Gasteiger partial charge in [0, 0.05) is 26.1 Å². The molecule has 0 unspecified atom stereocenters. The molecule has 1 aromatic heterocycles. The maximum absolute atomic E-state index is 13.0. The highest BCUT2D eigenvalue weighted by Crippen LogP contribution is 2.10. The number of amides is 1. The molecule has 0 atom stereocenters. The number of carbonyl (C=O) groups excluding carboxylic acids is 1. The summed E-state index contributed by atoms with van der Waals surface area (Å²) in [5, 5.41) is 12.7. The van der Waals surface area contributed by atoms with Gasteiger partial charge in [0.05, 0.1) is 12.1 Å². The van der Waals surface area contributed by atoms with Gasteiger partial charge in [0.2, 0.25) is 11.7 Å². The average molecular weight is 424 g/mol. The lowest BCUT2D eigenvalue weighted by Crippen LogP contribution is -2.27. The number of hydrogen-bond donors (Lipinski definition) is 3. The summed E-state index contributed by atoms with van der Waals surface area (Å²) in [7, 11) is 1.97. The van der Waals surface area contributed by atoms with Crippen LogP contribution in [0.15, 0.2) is 59.4 Å². The van der Waals surface area contributed by atoms with Crippen molar-refractivity contribution in [3.8, 4) is 5.75 Å². The first kappa shape index (κ1) is 22.2. The summed E-state index contributed by atoms with van der Waals surface area (Å²) < 4.78 is 13.0. The number of rotatable bonds is 9. The minimum absolute atomic E-state index is 0.0288. The molecular formula is C23H25FN4O3. The van der Waals surface area contributed by atoms with E-state index in [9.17, 15) is 19.1 Å². The predicted octanol–water partition coefficient (Wildman–Crippen LogP) is 2.15. The van der Waals surface area contributed by atoms with Gasteiger partial charge in [-0.15, -0.1) is 0 Å². The van der Waals surface area contributed by atoms with Crippen LogP contribution in [0.25, 0.3) is 0 Å². The average Bonchev–Trinajstić information content (AvgIpc) is 2.76. The lowest BCUT2D eigenvalue weighted by molar-refractivity contribution is -0.120. The van der Waals surface area contributed by atoms with Gasteiger partial charge in [0.15, 0.2) is 0 Å². The molecule has 3 rings (SSSR count). The zero-order chi connectivity index (χ0) is 22.2. The van der Waals surface area contributed by atoms with Crippen LogP contribution in [0.2, 0.25) is 0 Å². The molecule has 3 aromatic rings. The highest BCUT2D eigenvalue weighted by Gasteiger charge is 2.14. The number of nitrogens with zero attached hydrogens (tertiary/aromatic N) is 2. The van der Waals surface area contributed by atoms with Crippen LogP contribution in [0.4, 0.5) is 4.39 Å². The van der Waals surface area contributed by atoms with Crippen molar-refractivity contribution in [3.63, 3.8) is 0 Å². The van der Waals surface area contributed by atoms with Gasteiger partial charge in [-0.05, 0) is 30.3 Å². The Morgan fingerprint density at radius 2 is 1.84 bits per heavy atom. The highest BCUT2D eigenvalue weighted by atomic mass is 19.1. The minimum atomic E-state index is -0.669. The SMILES string of the molecule is CN(CCc1nc(CC(=O)NCc2ccc(F)cc2)c(O)c(=O)[nH]1)Cc1ccccc1. The van der Waals surface area contributed by atoms with Gasteiger partial charge in [0.1, 0.15) is 11.6 Å². The summed E-state index contributed by atoms with van der Waals surface area (Å²) in [6, 6.07) is 15.8. The molecule has 7 nitrogen and oxygen atoms in total. The summed E-state index contributed by atoms with van der Waals surface area (Å²) in [6.07, 6.45) is 0.229. The molecule has 1 heterocycles. The summed E-state index contributed by atoms with van der Waals surface area (Å²) >= 11 is 0. The Labute approximate surface area is 179 Å². The van der Waals surface area contributed by atoms with E-state index in [1.54, 1.807) is 12.1 Å². The highest BCUT2D eigenvalue weighted by molar-refractivity contribution is 5.78. The van der Waals surface area contributed by atoms with Gasteiger partial charge in [-0.25, -0.2) is 9.37 Å². The standard InChI is InChI=1S/C23H25FN4O3/c1-28(15-17-5-3-2-4-6-17)12-11-20-26-19(22(30)23(31)27-20)13-21(29)25-14-16-7-9-18(24)10-8-16/h2-10,30H,11-15H2,1H3,(H,25,29)(H,26,27,31). The van der Waals surface area contributed by atoms with Crippen LogP contribution < -0.4 is 10.9 Å². The molecule has 0 spiro atoms. The second-order valence-corrected chi connectivity index (χ2v) is 7.36. The summed E-state index contributed by atoms with van der Waals surface area (Å²) in [4.78, 5) is 33.2. The van der Waals surface area contributed by atoms with E-state index < -0.39 is 17.2 Å². The van der Waals surface area contributed by atoms with Crippen molar-refractivity contribution in [1.82, 2.24) is 20.2 Å². The van der Waals surface area contributed by atoms with Crippen LogP contribution in [0.1, 0.15) is 22.6 Å². The number of aromatic amines is 1. The first-order chi connectivity index (χ1) is 14.9. The molecule has 8 heteroatoms. The third kappa shape index (κ3) is 6.75. The molecule has 0 saturated heterocycles. The molecule has 0 bridgehead atoms. The number of likely N-dealkylation sites (N-methyl/N-ethyl adjacent to an activating group) is 1. The molecule has 0 saturated carbocycles. The van der Waals surface area contributed by atoms with E-state index in [-0.39, 0.29) is 24.5 Å². The maximum Gasteiger partial charge on any atom is 0.293 e. The fraction of sp³-hybridized carbons (Fsp3) is 0.261. The second-order valence-electron chi connectivity index (χ2n) is 7.36. The first-order valence-electron chi connectivity index (χ1n) is 9.95. The van der Waals surface area contributed by atoms with Crippen LogP contribution in [-0.4, -0.2) is 39.5 Å². The zero-order valence-corrected chi connectivity index (χ0v) is 17.3. The first-order valence-corrected chi connectivity index (χ1v) is 9.95. The zero-order valence-electron chi connectivity index (χ0n) is 17.3. The number of aromatic hydroxyl groups is 1. The predicted molar refractivity (Wildman–Crippen MR) is 115 cm³/mol.